The predicted molar refractivity (Wildman–Crippen MR) is 78.0 cm³/mol. The Morgan fingerprint density at radius 3 is 2.56 bits per heavy atom. The molecule has 0 atom stereocenters. The average molecular weight is 240 g/mol. The molecule has 1 heterocycles. The smallest absolute Gasteiger partial charge is 0.267 e. The van der Waals surface area contributed by atoms with Crippen LogP contribution in [-0.2, 0) is 0 Å². The molecule has 0 aliphatic carbocycles. The molecule has 18 heavy (non-hydrogen) atoms. The van der Waals surface area contributed by atoms with E-state index in [1.165, 1.54) is 24.9 Å². The number of nitriles is 1. The van der Waals surface area contributed by atoms with Crippen molar-refractivity contribution >= 4 is 12.4 Å². The Bertz CT molecular complexity index is 391. The summed E-state index contributed by atoms with van der Waals surface area (Å²) in [5.74, 6) is 3.22. The zero-order valence-electron chi connectivity index (χ0n) is 11.2. The Morgan fingerprint density at radius 2 is 1.94 bits per heavy atom. The lowest BCUT2D eigenvalue weighted by atomic mass is 9.41. The monoisotopic (exact) mass is 240 g/mol. The number of hydrogen-bond acceptors (Lipinski definition) is 2. The molecule has 0 unspecified atom stereocenters. The third-order valence-corrected chi connectivity index (χ3v) is 4.10. The molecule has 1 fully saturated rings. The number of benzene rings is 1. The Morgan fingerprint density at radius 1 is 1.28 bits per heavy atom. The minimum atomic E-state index is 0.327. The predicted octanol–water partition coefficient (Wildman–Crippen LogP) is 3.48. The molecule has 1 aliphatic heterocycles. The molecule has 0 radical (unpaired) electrons. The summed E-state index contributed by atoms with van der Waals surface area (Å²) in [5.41, 5.74) is 1.29. The molecular weight excluding hydrogens is 219 g/mol. The molecule has 1 aliphatic rings. The first-order valence-electron chi connectivity index (χ1n) is 6.95. The van der Waals surface area contributed by atoms with Crippen molar-refractivity contribution in [3.63, 3.8) is 0 Å². The van der Waals surface area contributed by atoms with E-state index in [-0.39, 0.29) is 0 Å². The van der Waals surface area contributed by atoms with Crippen molar-refractivity contribution in [3.8, 4) is 5.97 Å². The molecule has 1 aromatic rings. The van der Waals surface area contributed by atoms with Crippen molar-refractivity contribution in [3.05, 3.63) is 30.3 Å². The van der Waals surface area contributed by atoms with Crippen LogP contribution in [0.5, 0.6) is 0 Å². The Hall–Kier alpha value is -1.43. The van der Waals surface area contributed by atoms with Gasteiger partial charge in [0.1, 0.15) is 0 Å². The molecule has 2 rings (SSSR count). The van der Waals surface area contributed by atoms with E-state index < -0.39 is 0 Å². The summed E-state index contributed by atoms with van der Waals surface area (Å²) in [6.07, 6.45) is 5.94. The molecule has 3 heteroatoms. The fourth-order valence-corrected chi connectivity index (χ4v) is 2.77. The summed E-state index contributed by atoms with van der Waals surface area (Å²) >= 11 is 0. The van der Waals surface area contributed by atoms with Gasteiger partial charge in [-0.25, -0.2) is 5.26 Å². The van der Waals surface area contributed by atoms with E-state index in [4.69, 9.17) is 5.26 Å². The van der Waals surface area contributed by atoms with Crippen molar-refractivity contribution in [2.45, 2.75) is 31.9 Å². The summed E-state index contributed by atoms with van der Waals surface area (Å²) in [6.45, 7) is 1.44. The van der Waals surface area contributed by atoms with Gasteiger partial charge in [-0.2, -0.15) is 0 Å². The lowest BCUT2D eigenvalue weighted by molar-refractivity contribution is 0.442. The van der Waals surface area contributed by atoms with Gasteiger partial charge in [-0.3, -0.25) is 0 Å². The minimum Gasteiger partial charge on any atom is -0.375 e. The van der Waals surface area contributed by atoms with Gasteiger partial charge in [-0.15, -0.1) is 0 Å². The van der Waals surface area contributed by atoms with Gasteiger partial charge in [0.05, 0.1) is 0 Å². The largest absolute Gasteiger partial charge is 0.375 e. The van der Waals surface area contributed by atoms with E-state index in [1.54, 1.807) is 0 Å². The molecule has 0 spiro atoms. The molecule has 1 saturated heterocycles. The van der Waals surface area contributed by atoms with Crippen LogP contribution in [0.1, 0.15) is 19.3 Å². The first-order valence-corrected chi connectivity index (χ1v) is 6.95. The maximum Gasteiger partial charge on any atom is 0.267 e. The van der Waals surface area contributed by atoms with E-state index in [0.29, 0.717) is 6.71 Å². The fourth-order valence-electron chi connectivity index (χ4n) is 2.77. The van der Waals surface area contributed by atoms with Crippen LogP contribution in [0.25, 0.3) is 0 Å². The molecule has 0 saturated carbocycles. The van der Waals surface area contributed by atoms with Crippen LogP contribution < -0.4 is 4.90 Å². The highest BCUT2D eigenvalue weighted by molar-refractivity contribution is 6.67. The van der Waals surface area contributed by atoms with Gasteiger partial charge >= 0.3 is 0 Å². The molecule has 0 N–H and O–H groups in total. The highest BCUT2D eigenvalue weighted by Crippen LogP contribution is 2.27. The molecule has 0 amide bonds. The summed E-state index contributed by atoms with van der Waals surface area (Å²) in [7, 11) is 2.16. The van der Waals surface area contributed by atoms with Crippen LogP contribution in [0.2, 0.25) is 12.6 Å². The van der Waals surface area contributed by atoms with Gasteiger partial charge in [0.15, 0.2) is 0 Å². The Balaban J connectivity index is 1.74. The third kappa shape index (κ3) is 3.53. The SMILES string of the molecule is CN(CCC1CCB(C#N)CC1)c1ccccc1. The number of rotatable bonds is 4. The average Bonchev–Trinajstić information content (AvgIpc) is 2.46. The van der Waals surface area contributed by atoms with Crippen molar-refractivity contribution in [1.29, 1.82) is 5.26 Å². The second kappa shape index (κ2) is 6.49. The van der Waals surface area contributed by atoms with Gasteiger partial charge in [0.2, 0.25) is 0 Å². The highest BCUT2D eigenvalue weighted by Gasteiger charge is 2.23. The third-order valence-electron chi connectivity index (χ3n) is 4.10. The molecule has 1 aromatic carbocycles. The van der Waals surface area contributed by atoms with E-state index >= 15 is 0 Å². The standard InChI is InChI=1S/C15H21BN2/c1-18(15-5-3-2-4-6-15)12-9-14-7-10-16(13-17)11-8-14/h2-6,14H,7-12H2,1H3. The second-order valence-electron chi connectivity index (χ2n) is 5.39. The van der Waals surface area contributed by atoms with Crippen LogP contribution in [-0.4, -0.2) is 20.3 Å². The fraction of sp³-hybridized carbons (Fsp3) is 0.533. The van der Waals surface area contributed by atoms with Crippen LogP contribution in [0.4, 0.5) is 5.69 Å². The van der Waals surface area contributed by atoms with Crippen molar-refractivity contribution in [1.82, 2.24) is 0 Å². The molecular formula is C15H21BN2. The van der Waals surface area contributed by atoms with Crippen molar-refractivity contribution in [2.24, 2.45) is 5.92 Å². The first-order chi connectivity index (χ1) is 8.79. The number of nitrogens with zero attached hydrogens (tertiary/aromatic N) is 2. The molecule has 2 nitrogen and oxygen atoms in total. The molecule has 0 aromatic heterocycles. The normalized spacial score (nSPS) is 16.3. The Labute approximate surface area is 111 Å². The van der Waals surface area contributed by atoms with Crippen molar-refractivity contribution < 1.29 is 0 Å². The number of para-hydroxylation sites is 1. The summed E-state index contributed by atoms with van der Waals surface area (Å²) in [6, 6.07) is 10.5. The van der Waals surface area contributed by atoms with Crippen molar-refractivity contribution in [2.75, 3.05) is 18.5 Å². The quantitative estimate of drug-likeness (QED) is 0.753. The van der Waals surface area contributed by atoms with Crippen LogP contribution in [0.15, 0.2) is 30.3 Å². The minimum absolute atomic E-state index is 0.327. The maximum atomic E-state index is 8.89. The lowest BCUT2D eigenvalue weighted by Gasteiger charge is -2.26. The van der Waals surface area contributed by atoms with E-state index in [9.17, 15) is 0 Å². The van der Waals surface area contributed by atoms with E-state index in [0.717, 1.165) is 25.1 Å². The van der Waals surface area contributed by atoms with E-state index in [2.05, 4.69) is 48.2 Å². The molecule has 0 bridgehead atoms. The summed E-state index contributed by atoms with van der Waals surface area (Å²) in [4.78, 5) is 2.33. The van der Waals surface area contributed by atoms with Crippen LogP contribution >= 0.6 is 0 Å². The Kier molecular flexibility index (Phi) is 4.69. The van der Waals surface area contributed by atoms with Gasteiger partial charge in [-0.05, 0) is 24.5 Å². The van der Waals surface area contributed by atoms with Crippen LogP contribution in [0, 0.1) is 17.1 Å². The van der Waals surface area contributed by atoms with Gasteiger partial charge in [0.25, 0.3) is 6.71 Å². The highest BCUT2D eigenvalue weighted by atomic mass is 15.1. The zero-order chi connectivity index (χ0) is 12.8. The second-order valence-corrected chi connectivity index (χ2v) is 5.39. The summed E-state index contributed by atoms with van der Waals surface area (Å²) < 4.78 is 0. The van der Waals surface area contributed by atoms with Gasteiger partial charge in [-0.1, -0.05) is 43.7 Å². The number of anilines is 1. The van der Waals surface area contributed by atoms with Crippen LogP contribution in [0.3, 0.4) is 0 Å². The summed E-state index contributed by atoms with van der Waals surface area (Å²) in [5, 5.41) is 8.89. The first kappa shape index (κ1) is 13.0. The van der Waals surface area contributed by atoms with Gasteiger partial charge in [0, 0.05) is 25.2 Å². The van der Waals surface area contributed by atoms with E-state index in [1.807, 2.05) is 0 Å². The number of hydrogen-bond donors (Lipinski definition) is 0. The zero-order valence-corrected chi connectivity index (χ0v) is 11.2. The lowest BCUT2D eigenvalue weighted by Crippen LogP contribution is -2.25. The topological polar surface area (TPSA) is 27.0 Å². The maximum absolute atomic E-state index is 8.89. The molecule has 94 valence electrons. The van der Waals surface area contributed by atoms with Gasteiger partial charge < -0.3 is 4.90 Å².